The molecule has 2 saturated carbocycles. The first-order valence-corrected chi connectivity index (χ1v) is 9.09. The molecule has 3 fully saturated rings. The van der Waals surface area contributed by atoms with E-state index in [9.17, 15) is 9.90 Å². The largest absolute Gasteiger partial charge is 0.504 e. The van der Waals surface area contributed by atoms with Crippen molar-refractivity contribution in [2.75, 3.05) is 6.61 Å². The zero-order chi connectivity index (χ0) is 16.6. The number of aliphatic hydroxyl groups is 1. The zero-order valence-electron chi connectivity index (χ0n) is 14.7. The zero-order valence-corrected chi connectivity index (χ0v) is 14.7. The lowest BCUT2D eigenvalue weighted by molar-refractivity contribution is -0.116. The molecule has 1 aliphatic heterocycles. The van der Waals surface area contributed by atoms with Gasteiger partial charge in [-0.25, -0.2) is 0 Å². The minimum atomic E-state index is -0.512. The van der Waals surface area contributed by atoms with Gasteiger partial charge in [0.15, 0.2) is 5.76 Å². The number of ketones is 1. The van der Waals surface area contributed by atoms with Gasteiger partial charge in [0.2, 0.25) is 5.78 Å². The first-order chi connectivity index (χ1) is 10.7. The molecule has 3 nitrogen and oxygen atoms in total. The third kappa shape index (κ3) is 1.77. The lowest BCUT2D eigenvalue weighted by atomic mass is 9.47. The summed E-state index contributed by atoms with van der Waals surface area (Å²) in [6.45, 7) is 9.39. The molecule has 3 aliphatic carbocycles. The van der Waals surface area contributed by atoms with E-state index in [1.807, 2.05) is 13.8 Å². The van der Waals surface area contributed by atoms with E-state index in [0.29, 0.717) is 12.5 Å². The summed E-state index contributed by atoms with van der Waals surface area (Å²) in [5.74, 6) is 0.454. The molecule has 2 bridgehead atoms. The van der Waals surface area contributed by atoms with Gasteiger partial charge in [-0.1, -0.05) is 34.1 Å². The van der Waals surface area contributed by atoms with E-state index >= 15 is 0 Å². The Morgan fingerprint density at radius 3 is 2.70 bits per heavy atom. The van der Waals surface area contributed by atoms with Crippen LogP contribution in [0.25, 0.3) is 0 Å². The van der Waals surface area contributed by atoms with Gasteiger partial charge in [0, 0.05) is 16.6 Å². The summed E-state index contributed by atoms with van der Waals surface area (Å²) in [7, 11) is 0. The highest BCUT2D eigenvalue weighted by atomic mass is 16.5. The van der Waals surface area contributed by atoms with Crippen molar-refractivity contribution in [3.8, 4) is 0 Å². The molecule has 1 spiro atoms. The topological polar surface area (TPSA) is 46.5 Å². The molecule has 0 radical (unpaired) electrons. The van der Waals surface area contributed by atoms with Crippen molar-refractivity contribution < 1.29 is 14.6 Å². The minimum Gasteiger partial charge on any atom is -0.504 e. The quantitative estimate of drug-likeness (QED) is 0.783. The van der Waals surface area contributed by atoms with E-state index in [1.54, 1.807) is 0 Å². The maximum absolute atomic E-state index is 12.7. The number of allylic oxidation sites excluding steroid dienone is 1. The average Bonchev–Trinajstić information content (AvgIpc) is 2.67. The van der Waals surface area contributed by atoms with Gasteiger partial charge in [0.25, 0.3) is 0 Å². The lowest BCUT2D eigenvalue weighted by Gasteiger charge is -2.55. The molecule has 1 N–H and O–H groups in total. The van der Waals surface area contributed by atoms with Crippen LogP contribution in [-0.4, -0.2) is 23.1 Å². The van der Waals surface area contributed by atoms with Crippen molar-refractivity contribution in [3.63, 3.8) is 0 Å². The Bertz CT molecular complexity index is 639. The SMILES string of the molecule is CC(C)C1=CC23CCC4C(C)(C)CCCC4(CO2)C3=C(O)C1=O. The molecule has 0 amide bonds. The van der Waals surface area contributed by atoms with Crippen LogP contribution in [0.2, 0.25) is 0 Å². The van der Waals surface area contributed by atoms with E-state index in [-0.39, 0.29) is 28.3 Å². The minimum absolute atomic E-state index is 0.0103. The summed E-state index contributed by atoms with van der Waals surface area (Å²) in [5.41, 5.74) is 1.26. The highest BCUT2D eigenvalue weighted by Crippen LogP contribution is 2.68. The summed E-state index contributed by atoms with van der Waals surface area (Å²) in [4.78, 5) is 12.7. The predicted molar refractivity (Wildman–Crippen MR) is 89.1 cm³/mol. The summed E-state index contributed by atoms with van der Waals surface area (Å²) in [6, 6.07) is 0. The van der Waals surface area contributed by atoms with Crippen LogP contribution < -0.4 is 0 Å². The van der Waals surface area contributed by atoms with Crippen LogP contribution in [-0.2, 0) is 9.53 Å². The molecule has 1 heterocycles. The smallest absolute Gasteiger partial charge is 0.223 e. The Hall–Kier alpha value is -1.09. The van der Waals surface area contributed by atoms with E-state index < -0.39 is 5.60 Å². The normalized spacial score (nSPS) is 41.7. The fraction of sp³-hybridized carbons (Fsp3) is 0.750. The van der Waals surface area contributed by atoms with E-state index in [2.05, 4.69) is 19.9 Å². The summed E-state index contributed by atoms with van der Waals surface area (Å²) >= 11 is 0. The van der Waals surface area contributed by atoms with Crippen LogP contribution in [0.4, 0.5) is 0 Å². The maximum Gasteiger partial charge on any atom is 0.223 e. The van der Waals surface area contributed by atoms with Gasteiger partial charge in [-0.3, -0.25) is 4.79 Å². The summed E-state index contributed by atoms with van der Waals surface area (Å²) in [6.07, 6.45) is 7.49. The second-order valence-corrected chi connectivity index (χ2v) is 9.07. The molecule has 23 heavy (non-hydrogen) atoms. The molecule has 3 heteroatoms. The maximum atomic E-state index is 12.7. The van der Waals surface area contributed by atoms with Crippen LogP contribution in [0.5, 0.6) is 0 Å². The highest BCUT2D eigenvalue weighted by Gasteiger charge is 2.66. The molecule has 4 rings (SSSR count). The summed E-state index contributed by atoms with van der Waals surface area (Å²) in [5, 5.41) is 10.9. The molecule has 126 valence electrons. The standard InChI is InChI=1S/C20H28O3/c1-12(2)13-10-20-9-6-14-18(3,4)7-5-8-19(14,11-23-20)17(20)16(22)15(13)21/h10,12,14,22H,5-9,11H2,1-4H3. The van der Waals surface area contributed by atoms with Crippen molar-refractivity contribution in [3.05, 3.63) is 23.0 Å². The van der Waals surface area contributed by atoms with Gasteiger partial charge in [-0.2, -0.15) is 0 Å². The van der Waals surface area contributed by atoms with Crippen LogP contribution in [0.15, 0.2) is 23.0 Å². The van der Waals surface area contributed by atoms with Gasteiger partial charge in [0.1, 0.15) is 5.60 Å². The third-order valence-electron chi connectivity index (χ3n) is 7.09. The summed E-state index contributed by atoms with van der Waals surface area (Å²) < 4.78 is 6.37. The number of hydrogen-bond acceptors (Lipinski definition) is 3. The van der Waals surface area contributed by atoms with Crippen LogP contribution >= 0.6 is 0 Å². The number of rotatable bonds is 1. The number of hydrogen-bond donors (Lipinski definition) is 1. The monoisotopic (exact) mass is 316 g/mol. The molecule has 1 saturated heterocycles. The van der Waals surface area contributed by atoms with Gasteiger partial charge in [-0.05, 0) is 49.0 Å². The van der Waals surface area contributed by atoms with Crippen molar-refractivity contribution >= 4 is 5.78 Å². The number of Topliss-reactive ketones (excluding diaryl/α,β-unsaturated/α-hetero) is 1. The molecule has 0 aromatic rings. The number of aliphatic hydroxyl groups excluding tert-OH is 1. The highest BCUT2D eigenvalue weighted by molar-refractivity contribution is 6.09. The number of ether oxygens (including phenoxy) is 1. The Morgan fingerprint density at radius 2 is 2.00 bits per heavy atom. The van der Waals surface area contributed by atoms with Gasteiger partial charge < -0.3 is 9.84 Å². The van der Waals surface area contributed by atoms with Gasteiger partial charge in [-0.15, -0.1) is 0 Å². The van der Waals surface area contributed by atoms with E-state index in [1.165, 1.54) is 6.42 Å². The molecular formula is C20H28O3. The van der Waals surface area contributed by atoms with E-state index in [4.69, 9.17) is 4.74 Å². The van der Waals surface area contributed by atoms with Crippen LogP contribution in [0, 0.1) is 22.7 Å². The van der Waals surface area contributed by atoms with Crippen LogP contribution in [0.3, 0.4) is 0 Å². The number of carbonyl (C=O) groups is 1. The molecule has 3 unspecified atom stereocenters. The third-order valence-corrected chi connectivity index (χ3v) is 7.09. The first kappa shape index (κ1) is 15.4. The van der Waals surface area contributed by atoms with Crippen molar-refractivity contribution in [2.45, 2.75) is 65.4 Å². The Morgan fingerprint density at radius 1 is 1.26 bits per heavy atom. The molecule has 4 aliphatic rings. The lowest BCUT2D eigenvalue weighted by Crippen LogP contribution is -2.52. The van der Waals surface area contributed by atoms with Gasteiger partial charge >= 0.3 is 0 Å². The Labute approximate surface area is 138 Å². The fourth-order valence-electron chi connectivity index (χ4n) is 6.09. The van der Waals surface area contributed by atoms with Crippen LogP contribution in [0.1, 0.15) is 59.8 Å². The average molecular weight is 316 g/mol. The Kier molecular flexibility index (Phi) is 3.02. The van der Waals surface area contributed by atoms with Crippen molar-refractivity contribution in [1.29, 1.82) is 0 Å². The predicted octanol–water partition coefficient (Wildman–Crippen LogP) is 4.34. The Balaban J connectivity index is 1.90. The van der Waals surface area contributed by atoms with Crippen molar-refractivity contribution in [2.24, 2.45) is 22.7 Å². The molecule has 3 atom stereocenters. The second-order valence-electron chi connectivity index (χ2n) is 9.07. The first-order valence-electron chi connectivity index (χ1n) is 9.09. The van der Waals surface area contributed by atoms with E-state index in [0.717, 1.165) is 36.8 Å². The van der Waals surface area contributed by atoms with Crippen molar-refractivity contribution in [1.82, 2.24) is 0 Å². The fourth-order valence-corrected chi connectivity index (χ4v) is 6.09. The van der Waals surface area contributed by atoms with Gasteiger partial charge in [0.05, 0.1) is 6.61 Å². The molecule has 0 aromatic carbocycles. The molecule has 0 aromatic heterocycles. The second kappa shape index (κ2) is 4.50. The number of carbonyl (C=O) groups excluding carboxylic acids is 1. The molecular weight excluding hydrogens is 288 g/mol.